The highest BCUT2D eigenvalue weighted by molar-refractivity contribution is 5.96. The fourth-order valence-electron chi connectivity index (χ4n) is 1.74. The molecule has 80 valence electrons. The van der Waals surface area contributed by atoms with Gasteiger partial charge < -0.3 is 10.2 Å². The summed E-state index contributed by atoms with van der Waals surface area (Å²) in [6, 6.07) is 0. The van der Waals surface area contributed by atoms with Crippen molar-refractivity contribution >= 4 is 11.7 Å². The summed E-state index contributed by atoms with van der Waals surface area (Å²) in [5.74, 6) is 0.328. The first-order valence-corrected chi connectivity index (χ1v) is 5.02. The average Bonchev–Trinajstić information content (AvgIpc) is 2.47. The summed E-state index contributed by atoms with van der Waals surface area (Å²) in [7, 11) is 2.08. The lowest BCUT2D eigenvalue weighted by molar-refractivity contribution is -0.127. The molecule has 0 aromatic heterocycles. The Kier molecular flexibility index (Phi) is 4.07. The van der Waals surface area contributed by atoms with Crippen LogP contribution in [-0.4, -0.2) is 43.3 Å². The predicted octanol–water partition coefficient (Wildman–Crippen LogP) is 0.0334. The van der Waals surface area contributed by atoms with Gasteiger partial charge in [0.1, 0.15) is 5.78 Å². The van der Waals surface area contributed by atoms with Gasteiger partial charge in [-0.3, -0.25) is 9.59 Å². The Hall–Kier alpha value is -0.900. The molecule has 1 aliphatic rings. The maximum Gasteiger partial charge on any atom is 0.227 e. The van der Waals surface area contributed by atoms with Crippen LogP contribution >= 0.6 is 0 Å². The van der Waals surface area contributed by atoms with Crippen LogP contribution in [-0.2, 0) is 9.59 Å². The number of Topliss-reactive ketones (excluding diaryl/α,β-unsaturated/α-hetero) is 1. The number of nitrogens with zero attached hydrogens (tertiary/aromatic N) is 1. The van der Waals surface area contributed by atoms with Crippen molar-refractivity contribution in [1.29, 1.82) is 0 Å². The minimum absolute atomic E-state index is 0.0164. The van der Waals surface area contributed by atoms with Gasteiger partial charge >= 0.3 is 0 Å². The molecule has 1 amide bonds. The SMILES string of the molecule is CC(=O)CC(=O)NCC1CCN(C)C1. The first-order chi connectivity index (χ1) is 6.58. The van der Waals surface area contributed by atoms with E-state index < -0.39 is 0 Å². The average molecular weight is 198 g/mol. The molecule has 14 heavy (non-hydrogen) atoms. The van der Waals surface area contributed by atoms with Gasteiger partial charge in [-0.05, 0) is 32.9 Å². The van der Waals surface area contributed by atoms with E-state index in [-0.39, 0.29) is 18.1 Å². The number of likely N-dealkylation sites (tertiary alicyclic amines) is 1. The second kappa shape index (κ2) is 5.10. The zero-order valence-electron chi connectivity index (χ0n) is 8.88. The molecule has 4 nitrogen and oxygen atoms in total. The Labute approximate surface area is 84.7 Å². The van der Waals surface area contributed by atoms with E-state index in [9.17, 15) is 9.59 Å². The fourth-order valence-corrected chi connectivity index (χ4v) is 1.74. The summed E-state index contributed by atoms with van der Waals surface area (Å²) >= 11 is 0. The second-order valence-corrected chi connectivity index (χ2v) is 4.10. The van der Waals surface area contributed by atoms with Gasteiger partial charge in [0, 0.05) is 13.1 Å². The van der Waals surface area contributed by atoms with E-state index >= 15 is 0 Å². The molecule has 1 unspecified atom stereocenters. The number of rotatable bonds is 4. The van der Waals surface area contributed by atoms with Crippen molar-refractivity contribution in [3.05, 3.63) is 0 Å². The van der Waals surface area contributed by atoms with Crippen LogP contribution in [0.4, 0.5) is 0 Å². The molecule has 1 heterocycles. The first kappa shape index (κ1) is 11.2. The van der Waals surface area contributed by atoms with E-state index in [1.54, 1.807) is 0 Å². The van der Waals surface area contributed by atoms with Crippen LogP contribution in [0.25, 0.3) is 0 Å². The summed E-state index contributed by atoms with van der Waals surface area (Å²) in [5.41, 5.74) is 0. The smallest absolute Gasteiger partial charge is 0.227 e. The van der Waals surface area contributed by atoms with E-state index in [0.29, 0.717) is 12.5 Å². The van der Waals surface area contributed by atoms with Gasteiger partial charge in [-0.2, -0.15) is 0 Å². The number of hydrogen-bond acceptors (Lipinski definition) is 3. The summed E-state index contributed by atoms with van der Waals surface area (Å²) in [5, 5.41) is 2.79. The van der Waals surface area contributed by atoms with Gasteiger partial charge in [0.05, 0.1) is 6.42 Å². The summed E-state index contributed by atoms with van der Waals surface area (Å²) in [6.07, 6.45) is 1.15. The normalized spacial score (nSPS) is 22.3. The zero-order chi connectivity index (χ0) is 10.6. The maximum absolute atomic E-state index is 11.1. The lowest BCUT2D eigenvalue weighted by atomic mass is 10.1. The van der Waals surface area contributed by atoms with Crippen molar-refractivity contribution in [2.45, 2.75) is 19.8 Å². The highest BCUT2D eigenvalue weighted by Gasteiger charge is 2.19. The van der Waals surface area contributed by atoms with Crippen LogP contribution in [0.15, 0.2) is 0 Å². The molecule has 4 heteroatoms. The number of nitrogens with one attached hydrogen (secondary N) is 1. The first-order valence-electron chi connectivity index (χ1n) is 5.02. The molecule has 1 N–H and O–H groups in total. The molecule has 1 aliphatic heterocycles. The van der Waals surface area contributed by atoms with Crippen molar-refractivity contribution in [2.75, 3.05) is 26.7 Å². The minimum Gasteiger partial charge on any atom is -0.355 e. The molecule has 1 atom stereocenters. The molecule has 0 saturated carbocycles. The number of amides is 1. The maximum atomic E-state index is 11.1. The highest BCUT2D eigenvalue weighted by Crippen LogP contribution is 2.12. The van der Waals surface area contributed by atoms with Crippen LogP contribution in [0.2, 0.25) is 0 Å². The van der Waals surface area contributed by atoms with E-state index in [4.69, 9.17) is 0 Å². The Morgan fingerprint density at radius 1 is 1.50 bits per heavy atom. The number of hydrogen-bond donors (Lipinski definition) is 1. The second-order valence-electron chi connectivity index (χ2n) is 4.10. The van der Waals surface area contributed by atoms with Crippen molar-refractivity contribution in [1.82, 2.24) is 10.2 Å². The van der Waals surface area contributed by atoms with Gasteiger partial charge in [0.15, 0.2) is 0 Å². The standard InChI is InChI=1S/C10H18N2O2/c1-8(13)5-10(14)11-6-9-3-4-12(2)7-9/h9H,3-7H2,1-2H3,(H,11,14). The molecule has 0 spiro atoms. The van der Waals surface area contributed by atoms with Gasteiger partial charge in [-0.1, -0.05) is 0 Å². The van der Waals surface area contributed by atoms with Crippen LogP contribution < -0.4 is 5.32 Å². The van der Waals surface area contributed by atoms with Gasteiger partial charge in [-0.15, -0.1) is 0 Å². The Bertz CT molecular complexity index is 228. The van der Waals surface area contributed by atoms with Crippen LogP contribution in [0.1, 0.15) is 19.8 Å². The van der Waals surface area contributed by atoms with Crippen LogP contribution in [0.5, 0.6) is 0 Å². The number of carbonyl (C=O) groups is 2. The highest BCUT2D eigenvalue weighted by atomic mass is 16.2. The molecule has 0 aliphatic carbocycles. The lowest BCUT2D eigenvalue weighted by Gasteiger charge is -2.10. The van der Waals surface area contributed by atoms with Crippen molar-refractivity contribution in [2.24, 2.45) is 5.92 Å². The molecule has 0 aromatic carbocycles. The molecular weight excluding hydrogens is 180 g/mol. The monoisotopic (exact) mass is 198 g/mol. The van der Waals surface area contributed by atoms with E-state index in [1.807, 2.05) is 0 Å². The third-order valence-electron chi connectivity index (χ3n) is 2.49. The Morgan fingerprint density at radius 2 is 2.21 bits per heavy atom. The van der Waals surface area contributed by atoms with Crippen molar-refractivity contribution < 1.29 is 9.59 Å². The van der Waals surface area contributed by atoms with Gasteiger partial charge in [0.25, 0.3) is 0 Å². The minimum atomic E-state index is -0.146. The van der Waals surface area contributed by atoms with E-state index in [1.165, 1.54) is 6.92 Å². The molecule has 0 radical (unpaired) electrons. The Balaban J connectivity index is 2.14. The van der Waals surface area contributed by atoms with E-state index in [2.05, 4.69) is 17.3 Å². The predicted molar refractivity (Wildman–Crippen MR) is 53.9 cm³/mol. The molecule has 0 bridgehead atoms. The van der Waals surface area contributed by atoms with Crippen LogP contribution in [0.3, 0.4) is 0 Å². The third-order valence-corrected chi connectivity index (χ3v) is 2.49. The molecule has 1 fully saturated rings. The largest absolute Gasteiger partial charge is 0.355 e. The van der Waals surface area contributed by atoms with Gasteiger partial charge in [0.2, 0.25) is 5.91 Å². The lowest BCUT2D eigenvalue weighted by Crippen LogP contribution is -2.31. The third kappa shape index (κ3) is 3.87. The molecule has 0 aromatic rings. The van der Waals surface area contributed by atoms with Crippen molar-refractivity contribution in [3.8, 4) is 0 Å². The quantitative estimate of drug-likeness (QED) is 0.649. The summed E-state index contributed by atoms with van der Waals surface area (Å²) in [4.78, 5) is 24.0. The zero-order valence-corrected chi connectivity index (χ0v) is 8.88. The topological polar surface area (TPSA) is 49.4 Å². The van der Waals surface area contributed by atoms with E-state index in [0.717, 1.165) is 19.5 Å². The summed E-state index contributed by atoms with van der Waals surface area (Å²) < 4.78 is 0. The molecule has 1 rings (SSSR count). The summed E-state index contributed by atoms with van der Waals surface area (Å²) in [6.45, 7) is 4.28. The van der Waals surface area contributed by atoms with Crippen LogP contribution in [0, 0.1) is 5.92 Å². The molecular formula is C10H18N2O2. The Morgan fingerprint density at radius 3 is 2.71 bits per heavy atom. The molecule has 1 saturated heterocycles. The fraction of sp³-hybridized carbons (Fsp3) is 0.800. The van der Waals surface area contributed by atoms with Gasteiger partial charge in [-0.25, -0.2) is 0 Å². The number of ketones is 1. The number of carbonyl (C=O) groups excluding carboxylic acids is 2. The van der Waals surface area contributed by atoms with Crippen molar-refractivity contribution in [3.63, 3.8) is 0 Å².